The minimum atomic E-state index is -0.269. The summed E-state index contributed by atoms with van der Waals surface area (Å²) >= 11 is 4.66. The molecule has 2 heterocycles. The van der Waals surface area contributed by atoms with Crippen LogP contribution < -0.4 is 0 Å². The Labute approximate surface area is 133 Å². The Hall–Kier alpha value is -1.38. The van der Waals surface area contributed by atoms with Gasteiger partial charge in [-0.1, -0.05) is 34.9 Å². The van der Waals surface area contributed by atoms with E-state index in [0.717, 1.165) is 14.2 Å². The molecule has 0 aliphatic rings. The standard InChI is InChI=1S/C13H10FN3OS3/c1-19-12-16-17-13(21-12)20-7-11-15-6-10(18-11)8-2-4-9(14)5-3-8/h2-6H,7H2,1H3. The van der Waals surface area contributed by atoms with E-state index in [1.54, 1.807) is 41.4 Å². The van der Waals surface area contributed by atoms with E-state index < -0.39 is 0 Å². The zero-order valence-electron chi connectivity index (χ0n) is 10.9. The summed E-state index contributed by atoms with van der Waals surface area (Å²) in [5, 5.41) is 8.11. The topological polar surface area (TPSA) is 51.8 Å². The summed E-state index contributed by atoms with van der Waals surface area (Å²) in [5.41, 5.74) is 0.806. The summed E-state index contributed by atoms with van der Waals surface area (Å²) in [6, 6.07) is 6.14. The molecule has 0 saturated carbocycles. The Morgan fingerprint density at radius 2 is 1.95 bits per heavy atom. The van der Waals surface area contributed by atoms with Crippen molar-refractivity contribution in [1.82, 2.24) is 15.2 Å². The summed E-state index contributed by atoms with van der Waals surface area (Å²) < 4.78 is 20.4. The summed E-state index contributed by atoms with van der Waals surface area (Å²) in [5.74, 6) is 1.56. The Bertz CT molecular complexity index is 726. The number of thioether (sulfide) groups is 2. The molecule has 0 aliphatic carbocycles. The van der Waals surface area contributed by atoms with Gasteiger partial charge in [0.25, 0.3) is 0 Å². The first kappa shape index (κ1) is 14.6. The molecule has 0 N–H and O–H groups in total. The van der Waals surface area contributed by atoms with Gasteiger partial charge in [0.1, 0.15) is 5.82 Å². The van der Waals surface area contributed by atoms with Crippen molar-refractivity contribution in [2.75, 3.05) is 6.26 Å². The highest BCUT2D eigenvalue weighted by atomic mass is 32.2. The maximum absolute atomic E-state index is 12.9. The van der Waals surface area contributed by atoms with Gasteiger partial charge in [0.15, 0.2) is 14.4 Å². The van der Waals surface area contributed by atoms with E-state index in [1.165, 1.54) is 23.9 Å². The van der Waals surface area contributed by atoms with Crippen LogP contribution in [0.4, 0.5) is 4.39 Å². The lowest BCUT2D eigenvalue weighted by atomic mass is 10.2. The predicted octanol–water partition coefficient (Wildman–Crippen LogP) is 4.35. The first-order valence-corrected chi connectivity index (χ1v) is 8.98. The lowest BCUT2D eigenvalue weighted by Crippen LogP contribution is -1.79. The van der Waals surface area contributed by atoms with Gasteiger partial charge in [0.2, 0.25) is 5.89 Å². The number of oxazole rings is 1. The van der Waals surface area contributed by atoms with E-state index in [-0.39, 0.29) is 5.82 Å². The fourth-order valence-corrected chi connectivity index (χ4v) is 3.88. The van der Waals surface area contributed by atoms with E-state index in [4.69, 9.17) is 4.42 Å². The van der Waals surface area contributed by atoms with Crippen LogP contribution >= 0.6 is 34.9 Å². The van der Waals surface area contributed by atoms with Crippen LogP contribution in [0.2, 0.25) is 0 Å². The molecule has 0 amide bonds. The molecule has 0 saturated heterocycles. The lowest BCUT2D eigenvalue weighted by molar-refractivity contribution is 0.530. The molecule has 0 aliphatic heterocycles. The van der Waals surface area contributed by atoms with Gasteiger partial charge in [0.05, 0.1) is 11.9 Å². The molecule has 4 nitrogen and oxygen atoms in total. The molecule has 0 fully saturated rings. The highest BCUT2D eigenvalue weighted by molar-refractivity contribution is 8.02. The van der Waals surface area contributed by atoms with Crippen molar-refractivity contribution in [2.24, 2.45) is 0 Å². The second-order valence-corrected chi connectivity index (χ2v) is 7.21. The molecule has 0 unspecified atom stereocenters. The normalized spacial score (nSPS) is 11.0. The fraction of sp³-hybridized carbons (Fsp3) is 0.154. The van der Waals surface area contributed by atoms with Crippen LogP contribution in [0, 0.1) is 5.82 Å². The highest BCUT2D eigenvalue weighted by Gasteiger charge is 2.09. The van der Waals surface area contributed by atoms with Gasteiger partial charge in [-0.05, 0) is 30.5 Å². The van der Waals surface area contributed by atoms with Crippen molar-refractivity contribution in [2.45, 2.75) is 14.4 Å². The van der Waals surface area contributed by atoms with Crippen LogP contribution in [0.3, 0.4) is 0 Å². The largest absolute Gasteiger partial charge is 0.440 e. The van der Waals surface area contributed by atoms with Crippen molar-refractivity contribution < 1.29 is 8.81 Å². The summed E-state index contributed by atoms with van der Waals surface area (Å²) in [4.78, 5) is 4.23. The van der Waals surface area contributed by atoms with E-state index in [9.17, 15) is 4.39 Å². The summed E-state index contributed by atoms with van der Waals surface area (Å²) in [7, 11) is 0. The average molecular weight is 339 g/mol. The second-order valence-electron chi connectivity index (χ2n) is 3.95. The molecule has 0 atom stereocenters. The monoisotopic (exact) mass is 339 g/mol. The maximum Gasteiger partial charge on any atom is 0.205 e. The lowest BCUT2D eigenvalue weighted by Gasteiger charge is -1.95. The molecule has 21 heavy (non-hydrogen) atoms. The zero-order chi connectivity index (χ0) is 14.7. The molecule has 8 heteroatoms. The highest BCUT2D eigenvalue weighted by Crippen LogP contribution is 2.30. The molecular formula is C13H10FN3OS3. The Kier molecular flexibility index (Phi) is 4.57. The fourth-order valence-electron chi connectivity index (χ4n) is 1.59. The third kappa shape index (κ3) is 3.63. The summed E-state index contributed by atoms with van der Waals surface area (Å²) in [6.45, 7) is 0. The van der Waals surface area contributed by atoms with E-state index in [0.29, 0.717) is 17.4 Å². The number of nitrogens with zero attached hydrogens (tertiary/aromatic N) is 3. The maximum atomic E-state index is 12.9. The number of halogens is 1. The molecule has 3 rings (SSSR count). The van der Waals surface area contributed by atoms with Gasteiger partial charge in [-0.15, -0.1) is 10.2 Å². The quantitative estimate of drug-likeness (QED) is 0.644. The van der Waals surface area contributed by atoms with Crippen molar-refractivity contribution in [3.8, 4) is 11.3 Å². The van der Waals surface area contributed by atoms with Crippen molar-refractivity contribution >= 4 is 34.9 Å². The SMILES string of the molecule is CSc1nnc(SCc2ncc(-c3ccc(F)cc3)o2)s1. The van der Waals surface area contributed by atoms with Gasteiger partial charge in [0, 0.05) is 5.56 Å². The Morgan fingerprint density at radius 1 is 1.19 bits per heavy atom. The zero-order valence-corrected chi connectivity index (χ0v) is 13.4. The molecule has 0 spiro atoms. The van der Waals surface area contributed by atoms with Crippen molar-refractivity contribution in [1.29, 1.82) is 0 Å². The number of aromatic nitrogens is 3. The molecule has 2 aromatic heterocycles. The third-order valence-corrected chi connectivity index (χ3v) is 5.58. The van der Waals surface area contributed by atoms with Crippen LogP contribution in [0.15, 0.2) is 43.6 Å². The minimum absolute atomic E-state index is 0.269. The molecular weight excluding hydrogens is 329 g/mol. The van der Waals surface area contributed by atoms with Gasteiger partial charge in [-0.25, -0.2) is 9.37 Å². The van der Waals surface area contributed by atoms with Crippen LogP contribution in [0.1, 0.15) is 5.89 Å². The van der Waals surface area contributed by atoms with Gasteiger partial charge in [-0.2, -0.15) is 0 Å². The number of benzene rings is 1. The molecule has 108 valence electrons. The summed E-state index contributed by atoms with van der Waals surface area (Å²) in [6.07, 6.45) is 3.62. The van der Waals surface area contributed by atoms with Crippen LogP contribution in [-0.4, -0.2) is 21.4 Å². The second kappa shape index (κ2) is 6.59. The first-order chi connectivity index (χ1) is 10.2. The Morgan fingerprint density at radius 3 is 2.67 bits per heavy atom. The van der Waals surface area contributed by atoms with Crippen LogP contribution in [-0.2, 0) is 5.75 Å². The van der Waals surface area contributed by atoms with Crippen molar-refractivity contribution in [3.05, 3.63) is 42.2 Å². The molecule has 3 aromatic rings. The van der Waals surface area contributed by atoms with E-state index >= 15 is 0 Å². The number of hydrogen-bond acceptors (Lipinski definition) is 7. The molecule has 0 bridgehead atoms. The Balaban J connectivity index is 1.66. The van der Waals surface area contributed by atoms with Gasteiger partial charge < -0.3 is 4.42 Å². The predicted molar refractivity (Wildman–Crippen MR) is 83.1 cm³/mol. The minimum Gasteiger partial charge on any atom is -0.440 e. The molecule has 1 aromatic carbocycles. The first-order valence-electron chi connectivity index (χ1n) is 5.95. The van der Waals surface area contributed by atoms with Gasteiger partial charge in [-0.3, -0.25) is 0 Å². The van der Waals surface area contributed by atoms with Crippen LogP contribution in [0.25, 0.3) is 11.3 Å². The van der Waals surface area contributed by atoms with Gasteiger partial charge >= 0.3 is 0 Å². The van der Waals surface area contributed by atoms with E-state index in [2.05, 4.69) is 15.2 Å². The third-order valence-electron chi connectivity index (χ3n) is 2.56. The smallest absolute Gasteiger partial charge is 0.205 e. The van der Waals surface area contributed by atoms with E-state index in [1.807, 2.05) is 6.26 Å². The number of rotatable bonds is 5. The molecule has 0 radical (unpaired) electrons. The number of hydrogen-bond donors (Lipinski definition) is 0. The van der Waals surface area contributed by atoms with Crippen LogP contribution in [0.5, 0.6) is 0 Å². The average Bonchev–Trinajstić information content (AvgIpc) is 3.15. The van der Waals surface area contributed by atoms with Crippen molar-refractivity contribution in [3.63, 3.8) is 0 Å².